The summed E-state index contributed by atoms with van der Waals surface area (Å²) in [6.07, 6.45) is 6.43. The Morgan fingerprint density at radius 3 is 2.59 bits per heavy atom. The molecule has 0 aliphatic heterocycles. The van der Waals surface area contributed by atoms with Crippen LogP contribution in [0.2, 0.25) is 0 Å². The van der Waals surface area contributed by atoms with Crippen LogP contribution in [0.3, 0.4) is 0 Å². The molecule has 1 unspecified atom stereocenters. The van der Waals surface area contributed by atoms with Crippen molar-refractivity contribution in [3.63, 3.8) is 0 Å². The average molecular weight is 227 g/mol. The maximum absolute atomic E-state index is 4.47. The maximum Gasteiger partial charge on any atom is 0.0605 e. The molecule has 1 atom stereocenters. The van der Waals surface area contributed by atoms with E-state index in [4.69, 9.17) is 0 Å². The van der Waals surface area contributed by atoms with Gasteiger partial charge in [0.1, 0.15) is 0 Å². The largest absolute Gasteiger partial charge is 0.311 e. The van der Waals surface area contributed by atoms with Gasteiger partial charge in [-0.05, 0) is 49.7 Å². The van der Waals surface area contributed by atoms with Gasteiger partial charge in [0.25, 0.3) is 0 Å². The zero-order valence-electron chi connectivity index (χ0n) is 10.2. The lowest BCUT2D eigenvalue weighted by Crippen LogP contribution is -2.21. The number of hydrogen-bond donors (Lipinski definition) is 1. The van der Waals surface area contributed by atoms with E-state index >= 15 is 0 Å². The molecule has 0 fully saturated rings. The van der Waals surface area contributed by atoms with Gasteiger partial charge in [-0.1, -0.05) is 6.07 Å². The highest BCUT2D eigenvalue weighted by atomic mass is 14.9. The summed E-state index contributed by atoms with van der Waals surface area (Å²) < 4.78 is 0. The van der Waals surface area contributed by atoms with Gasteiger partial charge in [-0.3, -0.25) is 9.97 Å². The number of aromatic nitrogens is 2. The molecule has 3 nitrogen and oxygen atoms in total. The number of pyridine rings is 2. The first-order valence-corrected chi connectivity index (χ1v) is 5.79. The molecule has 0 spiro atoms. The van der Waals surface area contributed by atoms with Crippen molar-refractivity contribution < 1.29 is 0 Å². The molecule has 2 aromatic rings. The van der Waals surface area contributed by atoms with Crippen molar-refractivity contribution in [3.8, 4) is 0 Å². The molecule has 0 aliphatic rings. The van der Waals surface area contributed by atoms with Crippen molar-refractivity contribution in [1.29, 1.82) is 0 Å². The Kier molecular flexibility index (Phi) is 3.83. The molecule has 0 amide bonds. The Balaban J connectivity index is 2.21. The normalized spacial score (nSPS) is 12.4. The first kappa shape index (κ1) is 11.7. The van der Waals surface area contributed by atoms with Crippen LogP contribution in [-0.4, -0.2) is 17.0 Å². The molecule has 3 heteroatoms. The van der Waals surface area contributed by atoms with Gasteiger partial charge < -0.3 is 5.32 Å². The summed E-state index contributed by atoms with van der Waals surface area (Å²) in [5.74, 6) is 0. The highest BCUT2D eigenvalue weighted by Crippen LogP contribution is 2.18. The van der Waals surface area contributed by atoms with E-state index in [1.807, 2.05) is 43.8 Å². The van der Waals surface area contributed by atoms with Crippen LogP contribution < -0.4 is 5.32 Å². The summed E-state index contributed by atoms with van der Waals surface area (Å²) in [6.45, 7) is 2.10. The first-order chi connectivity index (χ1) is 8.31. The molecule has 0 aliphatic carbocycles. The fraction of sp³-hybridized carbons (Fsp3) is 0.286. The second kappa shape index (κ2) is 5.55. The predicted molar refractivity (Wildman–Crippen MR) is 68.7 cm³/mol. The molecular weight excluding hydrogens is 210 g/mol. The molecule has 2 rings (SSSR count). The standard InChI is InChI=1S/C14H17N3/c1-11-4-3-7-17-14(11)13(15-2)10-12-5-8-16-9-6-12/h3-9,13,15H,10H2,1-2H3. The van der Waals surface area contributed by atoms with Gasteiger partial charge in [-0.15, -0.1) is 0 Å². The zero-order valence-corrected chi connectivity index (χ0v) is 10.2. The molecular formula is C14H17N3. The number of rotatable bonds is 4. The van der Waals surface area contributed by atoms with E-state index in [-0.39, 0.29) is 6.04 Å². The molecule has 88 valence electrons. The van der Waals surface area contributed by atoms with Gasteiger partial charge in [0.2, 0.25) is 0 Å². The third-order valence-electron chi connectivity index (χ3n) is 2.92. The van der Waals surface area contributed by atoms with Crippen LogP contribution in [0.15, 0.2) is 42.9 Å². The molecule has 0 radical (unpaired) electrons. The monoisotopic (exact) mass is 227 g/mol. The third-order valence-corrected chi connectivity index (χ3v) is 2.92. The molecule has 2 heterocycles. The van der Waals surface area contributed by atoms with Crippen molar-refractivity contribution in [2.45, 2.75) is 19.4 Å². The van der Waals surface area contributed by atoms with E-state index < -0.39 is 0 Å². The minimum absolute atomic E-state index is 0.249. The quantitative estimate of drug-likeness (QED) is 0.870. The van der Waals surface area contributed by atoms with E-state index in [1.54, 1.807) is 0 Å². The Labute approximate surface area is 102 Å². The number of nitrogens with zero attached hydrogens (tertiary/aromatic N) is 2. The summed E-state index contributed by atoms with van der Waals surface area (Å²) in [5, 5.41) is 3.32. The van der Waals surface area contributed by atoms with Gasteiger partial charge in [0, 0.05) is 18.6 Å². The number of aryl methyl sites for hydroxylation is 1. The fourth-order valence-corrected chi connectivity index (χ4v) is 1.95. The first-order valence-electron chi connectivity index (χ1n) is 5.79. The summed E-state index contributed by atoms with van der Waals surface area (Å²) in [5.41, 5.74) is 3.61. The third kappa shape index (κ3) is 2.88. The van der Waals surface area contributed by atoms with Gasteiger partial charge >= 0.3 is 0 Å². The molecule has 2 aromatic heterocycles. The van der Waals surface area contributed by atoms with E-state index in [0.717, 1.165) is 12.1 Å². The Hall–Kier alpha value is -1.74. The fourth-order valence-electron chi connectivity index (χ4n) is 1.95. The van der Waals surface area contributed by atoms with Crippen molar-refractivity contribution in [1.82, 2.24) is 15.3 Å². The van der Waals surface area contributed by atoms with Gasteiger partial charge in [0.15, 0.2) is 0 Å². The predicted octanol–water partition coefficient (Wildman–Crippen LogP) is 2.29. The number of nitrogens with one attached hydrogen (secondary N) is 1. The Morgan fingerprint density at radius 2 is 1.94 bits per heavy atom. The van der Waals surface area contributed by atoms with Crippen molar-refractivity contribution in [3.05, 3.63) is 59.7 Å². The molecule has 0 aromatic carbocycles. The van der Waals surface area contributed by atoms with E-state index in [9.17, 15) is 0 Å². The molecule has 17 heavy (non-hydrogen) atoms. The van der Waals surface area contributed by atoms with Crippen molar-refractivity contribution >= 4 is 0 Å². The second-order valence-corrected chi connectivity index (χ2v) is 4.11. The summed E-state index contributed by atoms with van der Waals surface area (Å²) >= 11 is 0. The van der Waals surface area contributed by atoms with Gasteiger partial charge in [-0.25, -0.2) is 0 Å². The van der Waals surface area contributed by atoms with Crippen LogP contribution in [0.1, 0.15) is 22.9 Å². The molecule has 0 saturated heterocycles. The Bertz CT molecular complexity index is 468. The van der Waals surface area contributed by atoms with Crippen LogP contribution in [0.5, 0.6) is 0 Å². The van der Waals surface area contributed by atoms with Crippen LogP contribution in [0, 0.1) is 6.92 Å². The second-order valence-electron chi connectivity index (χ2n) is 4.11. The maximum atomic E-state index is 4.47. The lowest BCUT2D eigenvalue weighted by Gasteiger charge is -2.17. The highest BCUT2D eigenvalue weighted by molar-refractivity contribution is 5.23. The average Bonchev–Trinajstić information content (AvgIpc) is 2.38. The SMILES string of the molecule is CNC(Cc1ccncc1)c1ncccc1C. The summed E-state index contributed by atoms with van der Waals surface area (Å²) in [7, 11) is 1.97. The topological polar surface area (TPSA) is 37.8 Å². The van der Waals surface area contributed by atoms with E-state index in [0.29, 0.717) is 0 Å². The lowest BCUT2D eigenvalue weighted by atomic mass is 10.0. The van der Waals surface area contributed by atoms with Crippen molar-refractivity contribution in [2.24, 2.45) is 0 Å². The van der Waals surface area contributed by atoms with Crippen LogP contribution >= 0.6 is 0 Å². The van der Waals surface area contributed by atoms with Crippen molar-refractivity contribution in [2.75, 3.05) is 7.05 Å². The minimum Gasteiger partial charge on any atom is -0.311 e. The van der Waals surface area contributed by atoms with E-state index in [2.05, 4.69) is 28.3 Å². The smallest absolute Gasteiger partial charge is 0.0605 e. The highest BCUT2D eigenvalue weighted by Gasteiger charge is 2.13. The van der Waals surface area contributed by atoms with E-state index in [1.165, 1.54) is 11.1 Å². The summed E-state index contributed by atoms with van der Waals surface area (Å²) in [6, 6.07) is 8.40. The number of likely N-dealkylation sites (N-methyl/N-ethyl adjacent to an activating group) is 1. The van der Waals surface area contributed by atoms with Crippen LogP contribution in [-0.2, 0) is 6.42 Å². The van der Waals surface area contributed by atoms with Crippen LogP contribution in [0.25, 0.3) is 0 Å². The van der Waals surface area contributed by atoms with Crippen LogP contribution in [0.4, 0.5) is 0 Å². The minimum atomic E-state index is 0.249. The zero-order chi connectivity index (χ0) is 12.1. The molecule has 0 saturated carbocycles. The molecule has 0 bridgehead atoms. The lowest BCUT2D eigenvalue weighted by molar-refractivity contribution is 0.572. The summed E-state index contributed by atoms with van der Waals surface area (Å²) in [4.78, 5) is 8.50. The number of hydrogen-bond acceptors (Lipinski definition) is 3. The Morgan fingerprint density at radius 1 is 1.18 bits per heavy atom. The molecule has 1 N–H and O–H groups in total. The van der Waals surface area contributed by atoms with Gasteiger partial charge in [0.05, 0.1) is 11.7 Å². The van der Waals surface area contributed by atoms with Gasteiger partial charge in [-0.2, -0.15) is 0 Å².